The van der Waals surface area contributed by atoms with Crippen LogP contribution in [0.4, 0.5) is 4.39 Å². The summed E-state index contributed by atoms with van der Waals surface area (Å²) in [5.74, 6) is 0.582. The van der Waals surface area contributed by atoms with Crippen molar-refractivity contribution in [1.29, 1.82) is 0 Å². The molecule has 2 nitrogen and oxygen atoms in total. The normalized spacial score (nSPS) is 27.7. The van der Waals surface area contributed by atoms with Crippen LogP contribution in [0.3, 0.4) is 0 Å². The quantitative estimate of drug-likeness (QED) is 0.921. The summed E-state index contributed by atoms with van der Waals surface area (Å²) in [5, 5.41) is 3.45. The average Bonchev–Trinajstić information content (AvgIpc) is 3.08. The lowest BCUT2D eigenvalue weighted by Gasteiger charge is -2.19. The van der Waals surface area contributed by atoms with E-state index in [-0.39, 0.29) is 5.82 Å². The molecule has 1 heterocycles. The molecule has 1 saturated carbocycles. The highest BCUT2D eigenvalue weighted by molar-refractivity contribution is 9.10. The summed E-state index contributed by atoms with van der Waals surface area (Å²) >= 11 is 3.27. The number of hydrogen-bond donors (Lipinski definition) is 1. The first-order valence-electron chi connectivity index (χ1n) is 6.53. The Balaban J connectivity index is 1.60. The molecule has 1 aromatic carbocycles. The maximum Gasteiger partial charge on any atom is 0.128 e. The van der Waals surface area contributed by atoms with E-state index in [1.807, 2.05) is 12.1 Å². The Labute approximate surface area is 115 Å². The van der Waals surface area contributed by atoms with Crippen LogP contribution in [0, 0.1) is 11.7 Å². The van der Waals surface area contributed by atoms with Crippen LogP contribution in [-0.4, -0.2) is 18.8 Å². The van der Waals surface area contributed by atoms with Crippen molar-refractivity contribution >= 4 is 15.9 Å². The van der Waals surface area contributed by atoms with Crippen LogP contribution in [-0.2, 0) is 11.3 Å². The summed E-state index contributed by atoms with van der Waals surface area (Å²) in [7, 11) is 0. The molecule has 2 aliphatic rings. The molecule has 1 aliphatic carbocycles. The lowest BCUT2D eigenvalue weighted by molar-refractivity contribution is 0.0808. The Morgan fingerprint density at radius 3 is 2.89 bits per heavy atom. The third kappa shape index (κ3) is 2.76. The number of hydrogen-bond acceptors (Lipinski definition) is 2. The first-order valence-corrected chi connectivity index (χ1v) is 7.32. The molecule has 1 aliphatic heterocycles. The lowest BCUT2D eigenvalue weighted by Crippen LogP contribution is -2.37. The van der Waals surface area contributed by atoms with Crippen LogP contribution < -0.4 is 5.32 Å². The van der Waals surface area contributed by atoms with E-state index in [1.54, 1.807) is 0 Å². The van der Waals surface area contributed by atoms with Gasteiger partial charge in [0.15, 0.2) is 0 Å². The van der Waals surface area contributed by atoms with Gasteiger partial charge in [-0.25, -0.2) is 4.39 Å². The van der Waals surface area contributed by atoms with E-state index >= 15 is 0 Å². The van der Waals surface area contributed by atoms with Crippen molar-refractivity contribution in [2.45, 2.75) is 38.0 Å². The molecule has 18 heavy (non-hydrogen) atoms. The maximum atomic E-state index is 13.7. The van der Waals surface area contributed by atoms with Gasteiger partial charge in [0.2, 0.25) is 0 Å². The van der Waals surface area contributed by atoms with Crippen molar-refractivity contribution in [3.8, 4) is 0 Å². The molecule has 1 saturated heterocycles. The Kier molecular flexibility index (Phi) is 3.68. The molecule has 1 N–H and O–H groups in total. The largest absolute Gasteiger partial charge is 0.376 e. The van der Waals surface area contributed by atoms with E-state index in [1.165, 1.54) is 18.9 Å². The zero-order valence-electron chi connectivity index (χ0n) is 10.2. The van der Waals surface area contributed by atoms with Gasteiger partial charge in [0.05, 0.1) is 6.10 Å². The van der Waals surface area contributed by atoms with Gasteiger partial charge in [-0.15, -0.1) is 0 Å². The van der Waals surface area contributed by atoms with Crippen LogP contribution in [0.2, 0.25) is 0 Å². The van der Waals surface area contributed by atoms with Gasteiger partial charge in [-0.2, -0.15) is 0 Å². The number of benzene rings is 1. The first-order chi connectivity index (χ1) is 8.74. The van der Waals surface area contributed by atoms with Crippen LogP contribution in [0.5, 0.6) is 0 Å². The molecule has 98 valence electrons. The predicted molar refractivity (Wildman–Crippen MR) is 71.8 cm³/mol. The second kappa shape index (κ2) is 5.27. The molecular weight excluding hydrogens is 297 g/mol. The monoisotopic (exact) mass is 313 g/mol. The van der Waals surface area contributed by atoms with Gasteiger partial charge in [0.25, 0.3) is 0 Å². The first kappa shape index (κ1) is 12.6. The Hall–Kier alpha value is -0.450. The smallest absolute Gasteiger partial charge is 0.128 e. The molecule has 0 bridgehead atoms. The fraction of sp³-hybridized carbons (Fsp3) is 0.571. The molecule has 2 unspecified atom stereocenters. The van der Waals surface area contributed by atoms with E-state index < -0.39 is 0 Å². The van der Waals surface area contributed by atoms with Gasteiger partial charge >= 0.3 is 0 Å². The number of halogens is 2. The van der Waals surface area contributed by atoms with Crippen molar-refractivity contribution in [2.75, 3.05) is 6.61 Å². The highest BCUT2D eigenvalue weighted by Crippen LogP contribution is 2.38. The van der Waals surface area contributed by atoms with Crippen LogP contribution in [0.15, 0.2) is 22.7 Å². The fourth-order valence-corrected chi connectivity index (χ4v) is 2.96. The average molecular weight is 314 g/mol. The summed E-state index contributed by atoms with van der Waals surface area (Å²) < 4.78 is 20.2. The van der Waals surface area contributed by atoms with Crippen molar-refractivity contribution in [3.05, 3.63) is 34.1 Å². The second-order valence-electron chi connectivity index (χ2n) is 5.18. The molecule has 2 fully saturated rings. The van der Waals surface area contributed by atoms with E-state index in [2.05, 4.69) is 21.2 Å². The van der Waals surface area contributed by atoms with Gasteiger partial charge < -0.3 is 10.1 Å². The van der Waals surface area contributed by atoms with Crippen LogP contribution >= 0.6 is 15.9 Å². The van der Waals surface area contributed by atoms with Gasteiger partial charge in [0.1, 0.15) is 5.82 Å². The maximum absolute atomic E-state index is 13.7. The zero-order chi connectivity index (χ0) is 12.5. The predicted octanol–water partition coefficient (Wildman–Crippen LogP) is 3.25. The van der Waals surface area contributed by atoms with E-state index in [4.69, 9.17) is 4.74 Å². The third-order valence-corrected chi connectivity index (χ3v) is 4.29. The van der Waals surface area contributed by atoms with Gasteiger partial charge in [0, 0.05) is 29.2 Å². The molecule has 0 amide bonds. The van der Waals surface area contributed by atoms with Crippen molar-refractivity contribution in [1.82, 2.24) is 5.32 Å². The molecule has 0 spiro atoms. The minimum atomic E-state index is -0.154. The molecule has 3 rings (SSSR count). The highest BCUT2D eigenvalue weighted by atomic mass is 79.9. The van der Waals surface area contributed by atoms with E-state index in [0.717, 1.165) is 29.0 Å². The summed E-state index contributed by atoms with van der Waals surface area (Å²) in [6, 6.07) is 5.61. The molecule has 4 heteroatoms. The van der Waals surface area contributed by atoms with Crippen LogP contribution in [0.1, 0.15) is 24.8 Å². The number of ether oxygens (including phenoxy) is 1. The van der Waals surface area contributed by atoms with Crippen molar-refractivity contribution in [3.63, 3.8) is 0 Å². The zero-order valence-corrected chi connectivity index (χ0v) is 11.7. The topological polar surface area (TPSA) is 21.3 Å². The van der Waals surface area contributed by atoms with Crippen LogP contribution in [0.25, 0.3) is 0 Å². The molecule has 1 aromatic rings. The Morgan fingerprint density at radius 2 is 2.17 bits per heavy atom. The Bertz CT molecular complexity index is 436. The van der Waals surface area contributed by atoms with Crippen molar-refractivity contribution < 1.29 is 9.13 Å². The molecule has 2 atom stereocenters. The SMILES string of the molecule is Fc1cc(Br)ccc1CNC1CCOC1C1CC1. The highest BCUT2D eigenvalue weighted by Gasteiger charge is 2.40. The van der Waals surface area contributed by atoms with Crippen molar-refractivity contribution in [2.24, 2.45) is 5.92 Å². The number of nitrogens with one attached hydrogen (secondary N) is 1. The molecule has 0 aromatic heterocycles. The molecule has 0 radical (unpaired) electrons. The van der Waals surface area contributed by atoms with Gasteiger partial charge in [-0.1, -0.05) is 22.0 Å². The van der Waals surface area contributed by atoms with E-state index in [0.29, 0.717) is 18.7 Å². The van der Waals surface area contributed by atoms with E-state index in [9.17, 15) is 4.39 Å². The standard InChI is InChI=1S/C14H17BrFNO/c15-11-4-3-10(12(16)7-11)8-17-13-5-6-18-14(13)9-1-2-9/h3-4,7,9,13-14,17H,1-2,5-6,8H2. The Morgan fingerprint density at radius 1 is 1.33 bits per heavy atom. The fourth-order valence-electron chi connectivity index (χ4n) is 2.63. The minimum Gasteiger partial charge on any atom is -0.376 e. The third-order valence-electron chi connectivity index (χ3n) is 3.79. The summed E-state index contributed by atoms with van der Waals surface area (Å²) in [6.07, 6.45) is 3.97. The second-order valence-corrected chi connectivity index (χ2v) is 6.10. The summed E-state index contributed by atoms with van der Waals surface area (Å²) in [4.78, 5) is 0. The minimum absolute atomic E-state index is 0.154. The molecular formula is C14H17BrFNO. The number of rotatable bonds is 4. The van der Waals surface area contributed by atoms with Gasteiger partial charge in [-0.3, -0.25) is 0 Å². The summed E-state index contributed by atoms with van der Waals surface area (Å²) in [6.45, 7) is 1.41. The lowest BCUT2D eigenvalue weighted by atomic mass is 10.1. The summed E-state index contributed by atoms with van der Waals surface area (Å²) in [5.41, 5.74) is 0.722. The van der Waals surface area contributed by atoms with Gasteiger partial charge in [-0.05, 0) is 37.3 Å².